The third-order valence-corrected chi connectivity index (χ3v) is 2.50. The van der Waals surface area contributed by atoms with E-state index in [9.17, 15) is 4.79 Å². The van der Waals surface area contributed by atoms with Crippen LogP contribution in [0.15, 0.2) is 24.4 Å². The zero-order valence-corrected chi connectivity index (χ0v) is 10.8. The zero-order valence-electron chi connectivity index (χ0n) is 9.32. The smallest absolute Gasteiger partial charge is 0.275 e. The summed E-state index contributed by atoms with van der Waals surface area (Å²) in [6, 6.07) is 4.95. The molecule has 0 unspecified atom stereocenters. The maximum absolute atomic E-state index is 11.9. The predicted molar refractivity (Wildman–Crippen MR) is 69.0 cm³/mol. The lowest BCUT2D eigenvalue weighted by molar-refractivity contribution is 0.102. The van der Waals surface area contributed by atoms with Crippen LogP contribution in [0.5, 0.6) is 0 Å². The molecule has 2 aromatic heterocycles. The van der Waals surface area contributed by atoms with E-state index in [-0.39, 0.29) is 22.2 Å². The van der Waals surface area contributed by atoms with Crippen LogP contribution in [0.4, 0.5) is 5.82 Å². The van der Waals surface area contributed by atoms with Crippen molar-refractivity contribution < 1.29 is 4.79 Å². The second-order valence-corrected chi connectivity index (χ2v) is 4.19. The van der Waals surface area contributed by atoms with Crippen LogP contribution >= 0.6 is 23.2 Å². The molecule has 18 heavy (non-hydrogen) atoms. The van der Waals surface area contributed by atoms with Gasteiger partial charge in [-0.05, 0) is 30.2 Å². The van der Waals surface area contributed by atoms with Crippen molar-refractivity contribution in [1.82, 2.24) is 15.0 Å². The number of rotatable bonds is 2. The molecule has 0 aromatic carbocycles. The first-order valence-corrected chi connectivity index (χ1v) is 5.75. The van der Waals surface area contributed by atoms with Gasteiger partial charge < -0.3 is 5.32 Å². The highest BCUT2D eigenvalue weighted by Gasteiger charge is 2.11. The molecule has 2 aromatic rings. The van der Waals surface area contributed by atoms with Gasteiger partial charge in [-0.1, -0.05) is 17.7 Å². The maximum atomic E-state index is 11.9. The predicted octanol–water partition coefficient (Wildman–Crippen LogP) is 2.74. The molecule has 1 N–H and O–H groups in total. The Balaban J connectivity index is 2.24. The molecule has 0 spiro atoms. The van der Waals surface area contributed by atoms with Gasteiger partial charge in [-0.25, -0.2) is 9.97 Å². The number of aryl methyl sites for hydroxylation is 1. The molecule has 7 heteroatoms. The van der Waals surface area contributed by atoms with Gasteiger partial charge in [0.05, 0.1) is 0 Å². The fourth-order valence-corrected chi connectivity index (χ4v) is 1.76. The van der Waals surface area contributed by atoms with E-state index in [4.69, 9.17) is 23.2 Å². The number of aromatic nitrogens is 3. The van der Waals surface area contributed by atoms with E-state index >= 15 is 0 Å². The first-order chi connectivity index (χ1) is 8.56. The molecule has 0 fully saturated rings. The van der Waals surface area contributed by atoms with E-state index in [1.54, 1.807) is 25.3 Å². The molecule has 2 heterocycles. The van der Waals surface area contributed by atoms with Gasteiger partial charge in [-0.3, -0.25) is 9.78 Å². The third kappa shape index (κ3) is 2.94. The number of nitrogens with zero attached hydrogens (tertiary/aromatic N) is 3. The molecule has 0 saturated heterocycles. The van der Waals surface area contributed by atoms with E-state index in [0.717, 1.165) is 5.56 Å². The number of nitrogens with one attached hydrogen (secondary N) is 1. The van der Waals surface area contributed by atoms with Gasteiger partial charge in [0.2, 0.25) is 5.28 Å². The number of carbonyl (C=O) groups is 1. The molecular weight excluding hydrogens is 275 g/mol. The van der Waals surface area contributed by atoms with Crippen molar-refractivity contribution in [2.45, 2.75) is 6.92 Å². The number of hydrogen-bond donors (Lipinski definition) is 1. The van der Waals surface area contributed by atoms with Crippen molar-refractivity contribution >= 4 is 34.9 Å². The number of anilines is 1. The largest absolute Gasteiger partial charge is 0.305 e. The van der Waals surface area contributed by atoms with Gasteiger partial charge in [-0.15, -0.1) is 0 Å². The SMILES string of the molecule is Cc1cccnc1C(=O)Nc1cc(Cl)nc(Cl)n1. The Morgan fingerprint density at radius 1 is 1.33 bits per heavy atom. The van der Waals surface area contributed by atoms with Crippen LogP contribution in [0.2, 0.25) is 10.4 Å². The molecule has 0 atom stereocenters. The average Bonchev–Trinajstić information content (AvgIpc) is 2.27. The normalized spacial score (nSPS) is 10.2. The zero-order chi connectivity index (χ0) is 13.1. The van der Waals surface area contributed by atoms with Crippen molar-refractivity contribution in [3.05, 3.63) is 46.1 Å². The number of amides is 1. The number of halogens is 2. The Bertz CT molecular complexity index is 583. The van der Waals surface area contributed by atoms with E-state index in [1.165, 1.54) is 6.07 Å². The highest BCUT2D eigenvalue weighted by molar-refractivity contribution is 6.32. The van der Waals surface area contributed by atoms with Crippen molar-refractivity contribution in [1.29, 1.82) is 0 Å². The molecule has 92 valence electrons. The van der Waals surface area contributed by atoms with Crippen LogP contribution in [-0.2, 0) is 0 Å². The fraction of sp³-hybridized carbons (Fsp3) is 0.0909. The quantitative estimate of drug-likeness (QED) is 0.679. The molecule has 2 rings (SSSR count). The molecule has 0 aliphatic rings. The first kappa shape index (κ1) is 12.7. The second-order valence-electron chi connectivity index (χ2n) is 3.47. The third-order valence-electron chi connectivity index (χ3n) is 2.13. The van der Waals surface area contributed by atoms with Crippen molar-refractivity contribution in [2.24, 2.45) is 0 Å². The van der Waals surface area contributed by atoms with E-state index in [1.807, 2.05) is 0 Å². The summed E-state index contributed by atoms with van der Waals surface area (Å²) in [5.41, 5.74) is 1.09. The molecule has 5 nitrogen and oxygen atoms in total. The Hall–Kier alpha value is -1.72. The number of carbonyl (C=O) groups excluding carboxylic acids is 1. The van der Waals surface area contributed by atoms with Gasteiger partial charge in [-0.2, -0.15) is 0 Å². The lowest BCUT2D eigenvalue weighted by atomic mass is 10.2. The second kappa shape index (κ2) is 5.29. The minimum absolute atomic E-state index is 0.0319. The summed E-state index contributed by atoms with van der Waals surface area (Å²) in [7, 11) is 0. The Morgan fingerprint density at radius 3 is 2.78 bits per heavy atom. The number of hydrogen-bond acceptors (Lipinski definition) is 4. The summed E-state index contributed by atoms with van der Waals surface area (Å²) in [4.78, 5) is 23.5. The van der Waals surface area contributed by atoms with Crippen LogP contribution in [0, 0.1) is 6.92 Å². The summed E-state index contributed by atoms with van der Waals surface area (Å²) in [5, 5.41) is 2.68. The van der Waals surface area contributed by atoms with E-state index in [0.29, 0.717) is 5.69 Å². The summed E-state index contributed by atoms with van der Waals surface area (Å²) in [6.45, 7) is 1.79. The Labute approximate surface area is 113 Å². The van der Waals surface area contributed by atoms with Crippen molar-refractivity contribution in [2.75, 3.05) is 5.32 Å². The summed E-state index contributed by atoms with van der Waals surface area (Å²) in [6.07, 6.45) is 1.54. The summed E-state index contributed by atoms with van der Waals surface area (Å²) in [5.74, 6) is -0.144. The molecule has 0 aliphatic carbocycles. The molecular formula is C11H8Cl2N4O. The fourth-order valence-electron chi connectivity index (χ4n) is 1.35. The maximum Gasteiger partial charge on any atom is 0.275 e. The van der Waals surface area contributed by atoms with Gasteiger partial charge in [0.15, 0.2) is 0 Å². The first-order valence-electron chi connectivity index (χ1n) is 4.99. The van der Waals surface area contributed by atoms with Gasteiger partial charge >= 0.3 is 0 Å². The topological polar surface area (TPSA) is 67.8 Å². The lowest BCUT2D eigenvalue weighted by Crippen LogP contribution is -2.16. The molecule has 1 amide bonds. The van der Waals surface area contributed by atoms with Crippen LogP contribution < -0.4 is 5.32 Å². The van der Waals surface area contributed by atoms with Gasteiger partial charge in [0.25, 0.3) is 5.91 Å². The Kier molecular flexibility index (Phi) is 3.74. The highest BCUT2D eigenvalue weighted by Crippen LogP contribution is 2.15. The summed E-state index contributed by atoms with van der Waals surface area (Å²) < 4.78 is 0. The molecule has 0 radical (unpaired) electrons. The van der Waals surface area contributed by atoms with E-state index in [2.05, 4.69) is 20.3 Å². The van der Waals surface area contributed by atoms with Crippen molar-refractivity contribution in [3.8, 4) is 0 Å². The monoisotopic (exact) mass is 282 g/mol. The van der Waals surface area contributed by atoms with Gasteiger partial charge in [0.1, 0.15) is 16.7 Å². The number of pyridine rings is 1. The van der Waals surface area contributed by atoms with Crippen LogP contribution in [0.3, 0.4) is 0 Å². The van der Waals surface area contributed by atoms with Gasteiger partial charge in [0, 0.05) is 12.3 Å². The molecule has 0 saturated carbocycles. The molecule has 0 aliphatic heterocycles. The summed E-state index contributed by atoms with van der Waals surface area (Å²) >= 11 is 11.3. The van der Waals surface area contributed by atoms with Crippen LogP contribution in [0.1, 0.15) is 16.1 Å². The minimum atomic E-state index is -0.376. The Morgan fingerprint density at radius 2 is 2.11 bits per heavy atom. The highest BCUT2D eigenvalue weighted by atomic mass is 35.5. The average molecular weight is 283 g/mol. The van der Waals surface area contributed by atoms with Crippen molar-refractivity contribution in [3.63, 3.8) is 0 Å². The van der Waals surface area contributed by atoms with Crippen LogP contribution in [-0.4, -0.2) is 20.9 Å². The lowest BCUT2D eigenvalue weighted by Gasteiger charge is -2.06. The van der Waals surface area contributed by atoms with Crippen LogP contribution in [0.25, 0.3) is 0 Å². The minimum Gasteiger partial charge on any atom is -0.305 e. The van der Waals surface area contributed by atoms with E-state index < -0.39 is 0 Å². The standard InChI is InChI=1S/C11H8Cl2N4O/c1-6-3-2-4-14-9(6)10(18)16-8-5-7(12)15-11(13)17-8/h2-5H,1H3,(H,15,16,17,18). The molecule has 0 bridgehead atoms.